The second-order valence-electron chi connectivity index (χ2n) is 4.25. The molecule has 7 heteroatoms. The van der Waals surface area contributed by atoms with Gasteiger partial charge in [0.15, 0.2) is 0 Å². The summed E-state index contributed by atoms with van der Waals surface area (Å²) in [5.74, 6) is 0. The molecular formula is C12H22N4O2S. The molecule has 0 heterocycles. The average molecular weight is 286 g/mol. The van der Waals surface area contributed by atoms with Gasteiger partial charge in [0.05, 0.1) is 5.69 Å². The molecule has 0 aliphatic heterocycles. The molecule has 1 aromatic carbocycles. The zero-order valence-electron chi connectivity index (χ0n) is 11.4. The van der Waals surface area contributed by atoms with E-state index in [1.54, 1.807) is 12.1 Å². The average Bonchev–Trinajstić information content (AvgIpc) is 2.33. The molecule has 0 saturated carbocycles. The molecule has 5 N–H and O–H groups in total. The van der Waals surface area contributed by atoms with E-state index in [0.29, 0.717) is 0 Å². The molecule has 0 saturated heterocycles. The van der Waals surface area contributed by atoms with Crippen LogP contribution in [-0.2, 0) is 10.0 Å². The van der Waals surface area contributed by atoms with Gasteiger partial charge in [-0.1, -0.05) is 13.8 Å². The van der Waals surface area contributed by atoms with Crippen LogP contribution in [0.5, 0.6) is 0 Å². The number of nitrogens with two attached hydrogens (primary N) is 2. The number of anilines is 2. The SMILES string of the molecule is CCN(CC)CCNc1ccc(S(N)(=O)=O)c(N)c1. The van der Waals surface area contributed by atoms with E-state index < -0.39 is 10.0 Å². The Bertz CT molecular complexity index is 512. The minimum atomic E-state index is -3.75. The summed E-state index contributed by atoms with van der Waals surface area (Å²) in [6, 6.07) is 4.67. The number of likely N-dealkylation sites (N-methyl/N-ethyl adjacent to an activating group) is 1. The van der Waals surface area contributed by atoms with Crippen molar-refractivity contribution >= 4 is 21.4 Å². The van der Waals surface area contributed by atoms with Crippen LogP contribution in [0.4, 0.5) is 11.4 Å². The lowest BCUT2D eigenvalue weighted by Gasteiger charge is -2.18. The van der Waals surface area contributed by atoms with Crippen molar-refractivity contribution in [1.82, 2.24) is 4.90 Å². The van der Waals surface area contributed by atoms with Crippen LogP contribution >= 0.6 is 0 Å². The second kappa shape index (κ2) is 6.74. The van der Waals surface area contributed by atoms with E-state index in [1.165, 1.54) is 6.07 Å². The Hall–Kier alpha value is -1.31. The number of benzene rings is 1. The highest BCUT2D eigenvalue weighted by Crippen LogP contribution is 2.21. The number of rotatable bonds is 7. The molecule has 1 aromatic rings. The fraction of sp³-hybridized carbons (Fsp3) is 0.500. The van der Waals surface area contributed by atoms with E-state index in [-0.39, 0.29) is 10.6 Å². The zero-order chi connectivity index (χ0) is 14.5. The van der Waals surface area contributed by atoms with Gasteiger partial charge in [-0.15, -0.1) is 0 Å². The minimum absolute atomic E-state index is 0.0400. The lowest BCUT2D eigenvalue weighted by Crippen LogP contribution is -2.28. The maximum atomic E-state index is 11.2. The maximum absolute atomic E-state index is 11.2. The third kappa shape index (κ3) is 4.70. The largest absolute Gasteiger partial charge is 0.398 e. The van der Waals surface area contributed by atoms with Crippen molar-refractivity contribution in [3.05, 3.63) is 18.2 Å². The highest BCUT2D eigenvalue weighted by Gasteiger charge is 2.12. The van der Waals surface area contributed by atoms with Gasteiger partial charge in [-0.25, -0.2) is 13.6 Å². The number of hydrogen-bond acceptors (Lipinski definition) is 5. The lowest BCUT2D eigenvalue weighted by molar-refractivity contribution is 0.316. The van der Waals surface area contributed by atoms with E-state index in [9.17, 15) is 8.42 Å². The molecule has 0 spiro atoms. The van der Waals surface area contributed by atoms with Gasteiger partial charge in [0.2, 0.25) is 10.0 Å². The fourth-order valence-corrected chi connectivity index (χ4v) is 2.46. The Morgan fingerprint density at radius 3 is 2.37 bits per heavy atom. The normalized spacial score (nSPS) is 11.8. The van der Waals surface area contributed by atoms with E-state index in [2.05, 4.69) is 24.1 Å². The van der Waals surface area contributed by atoms with Crippen molar-refractivity contribution in [3.63, 3.8) is 0 Å². The Morgan fingerprint density at radius 1 is 1.26 bits per heavy atom. The number of sulfonamides is 1. The molecule has 0 atom stereocenters. The lowest BCUT2D eigenvalue weighted by atomic mass is 10.3. The summed E-state index contributed by atoms with van der Waals surface area (Å²) in [6.45, 7) is 7.93. The number of nitrogens with one attached hydrogen (secondary N) is 1. The first kappa shape index (κ1) is 15.7. The summed E-state index contributed by atoms with van der Waals surface area (Å²) >= 11 is 0. The molecule has 0 aliphatic carbocycles. The van der Waals surface area contributed by atoms with Crippen molar-refractivity contribution in [2.75, 3.05) is 37.2 Å². The highest BCUT2D eigenvalue weighted by molar-refractivity contribution is 7.89. The summed E-state index contributed by atoms with van der Waals surface area (Å²) in [5, 5.41) is 8.25. The number of nitrogen functional groups attached to an aromatic ring is 1. The third-order valence-electron chi connectivity index (χ3n) is 2.97. The molecule has 0 aliphatic rings. The van der Waals surface area contributed by atoms with Crippen LogP contribution in [0.2, 0.25) is 0 Å². The summed E-state index contributed by atoms with van der Waals surface area (Å²) in [6.07, 6.45) is 0. The molecule has 6 nitrogen and oxygen atoms in total. The van der Waals surface area contributed by atoms with Crippen molar-refractivity contribution in [2.45, 2.75) is 18.7 Å². The van der Waals surface area contributed by atoms with E-state index in [0.717, 1.165) is 31.9 Å². The quantitative estimate of drug-likeness (QED) is 0.639. The Balaban J connectivity index is 2.65. The van der Waals surface area contributed by atoms with Crippen LogP contribution in [0.1, 0.15) is 13.8 Å². The van der Waals surface area contributed by atoms with Gasteiger partial charge in [-0.3, -0.25) is 0 Å². The van der Waals surface area contributed by atoms with Gasteiger partial charge in [0.1, 0.15) is 4.90 Å². The van der Waals surface area contributed by atoms with E-state index in [1.807, 2.05) is 0 Å². The van der Waals surface area contributed by atoms with Gasteiger partial charge in [0, 0.05) is 18.8 Å². The van der Waals surface area contributed by atoms with Gasteiger partial charge >= 0.3 is 0 Å². The molecule has 0 aromatic heterocycles. The fourth-order valence-electron chi connectivity index (χ4n) is 1.82. The Kier molecular flexibility index (Phi) is 5.59. The van der Waals surface area contributed by atoms with Crippen molar-refractivity contribution < 1.29 is 8.42 Å². The van der Waals surface area contributed by atoms with Crippen LogP contribution in [0, 0.1) is 0 Å². The van der Waals surface area contributed by atoms with Crippen LogP contribution < -0.4 is 16.2 Å². The third-order valence-corrected chi connectivity index (χ3v) is 3.95. The first-order valence-corrected chi connectivity index (χ1v) is 7.81. The highest BCUT2D eigenvalue weighted by atomic mass is 32.2. The number of primary sulfonamides is 1. The summed E-state index contributed by atoms with van der Waals surface area (Å²) in [4.78, 5) is 2.25. The molecule has 0 radical (unpaired) electrons. The van der Waals surface area contributed by atoms with Gasteiger partial charge in [-0.2, -0.15) is 0 Å². The second-order valence-corrected chi connectivity index (χ2v) is 5.78. The van der Waals surface area contributed by atoms with Crippen LogP contribution in [0.15, 0.2) is 23.1 Å². The van der Waals surface area contributed by atoms with E-state index >= 15 is 0 Å². The Morgan fingerprint density at radius 2 is 1.89 bits per heavy atom. The molecule has 0 amide bonds. The molecule has 108 valence electrons. The number of hydrogen-bond donors (Lipinski definition) is 3. The summed E-state index contributed by atoms with van der Waals surface area (Å²) < 4.78 is 22.4. The van der Waals surface area contributed by atoms with Crippen molar-refractivity contribution in [1.29, 1.82) is 0 Å². The minimum Gasteiger partial charge on any atom is -0.398 e. The predicted molar refractivity (Wildman–Crippen MR) is 78.5 cm³/mol. The molecule has 19 heavy (non-hydrogen) atoms. The monoisotopic (exact) mass is 286 g/mol. The summed E-state index contributed by atoms with van der Waals surface area (Å²) in [7, 11) is -3.75. The smallest absolute Gasteiger partial charge is 0.240 e. The predicted octanol–water partition coefficient (Wildman–Crippen LogP) is 0.670. The zero-order valence-corrected chi connectivity index (χ0v) is 12.2. The van der Waals surface area contributed by atoms with Crippen LogP contribution in [0.25, 0.3) is 0 Å². The molecule has 0 bridgehead atoms. The van der Waals surface area contributed by atoms with Crippen molar-refractivity contribution in [2.24, 2.45) is 5.14 Å². The number of nitrogens with zero attached hydrogens (tertiary/aromatic N) is 1. The first-order valence-electron chi connectivity index (χ1n) is 6.27. The topological polar surface area (TPSA) is 101 Å². The molecule has 1 rings (SSSR count). The van der Waals surface area contributed by atoms with Gasteiger partial charge in [-0.05, 0) is 31.3 Å². The maximum Gasteiger partial charge on any atom is 0.240 e. The standard InChI is InChI=1S/C12H22N4O2S/c1-3-16(4-2)8-7-15-10-5-6-12(11(13)9-10)19(14,17)18/h5-6,9,15H,3-4,7-8,13H2,1-2H3,(H2,14,17,18). The van der Waals surface area contributed by atoms with Crippen LogP contribution in [-0.4, -0.2) is 39.5 Å². The molecule has 0 unspecified atom stereocenters. The van der Waals surface area contributed by atoms with Crippen molar-refractivity contribution in [3.8, 4) is 0 Å². The molecule has 0 fully saturated rings. The van der Waals surface area contributed by atoms with E-state index in [4.69, 9.17) is 10.9 Å². The first-order chi connectivity index (χ1) is 8.88. The van der Waals surface area contributed by atoms with Crippen LogP contribution in [0.3, 0.4) is 0 Å². The molecular weight excluding hydrogens is 264 g/mol. The van der Waals surface area contributed by atoms with Gasteiger partial charge in [0.25, 0.3) is 0 Å². The van der Waals surface area contributed by atoms with Gasteiger partial charge < -0.3 is 16.0 Å². The summed E-state index contributed by atoms with van der Waals surface area (Å²) in [5.41, 5.74) is 6.63. The Labute approximate surface area is 114 Å².